The van der Waals surface area contributed by atoms with Gasteiger partial charge in [-0.1, -0.05) is 0 Å². The standard InChI is InChI=1S/FH.Gd.K.Li.2H/h1H;;;;;. The van der Waals surface area contributed by atoms with Crippen molar-refractivity contribution in [1.82, 2.24) is 0 Å². The van der Waals surface area contributed by atoms with Crippen LogP contribution in [0.15, 0.2) is 0 Å². The second kappa shape index (κ2) is 16.1. The van der Waals surface area contributed by atoms with Gasteiger partial charge in [-0.2, -0.15) is 0 Å². The van der Waals surface area contributed by atoms with Crippen LogP contribution in [0.4, 0.5) is 4.70 Å². The maximum absolute atomic E-state index is 0. The topological polar surface area (TPSA) is 0 Å². The molecule has 4 heteroatoms. The quantitative estimate of drug-likeness (QED) is 0.457. The SMILES string of the molecule is F.[Gd].[KH].[LiH]. The van der Waals surface area contributed by atoms with Crippen LogP contribution >= 0.6 is 0 Å². The Morgan fingerprint density at radius 3 is 1.00 bits per heavy atom. The summed E-state index contributed by atoms with van der Waals surface area (Å²) >= 11 is 0. The molecular formula is H3FGdKLi. The molecule has 0 aliphatic heterocycles. The molecule has 0 radical (unpaired) electrons. The molecule has 0 heterocycles. The summed E-state index contributed by atoms with van der Waals surface area (Å²) in [4.78, 5) is 0. The van der Waals surface area contributed by atoms with Gasteiger partial charge in [0.15, 0.2) is 0 Å². The van der Waals surface area contributed by atoms with Gasteiger partial charge in [-0.15, -0.1) is 0 Å². The van der Waals surface area contributed by atoms with Crippen LogP contribution in [0.5, 0.6) is 0 Å². The monoisotopic (exact) mass is 226 g/mol. The summed E-state index contributed by atoms with van der Waals surface area (Å²) in [6.45, 7) is 0. The van der Waals surface area contributed by atoms with Crippen LogP contribution in [0.3, 0.4) is 0 Å². The Kier molecular flexibility index (Phi) is 104. The third-order valence-corrected chi connectivity index (χ3v) is 0. The second-order valence-electron chi connectivity index (χ2n) is 0. The van der Waals surface area contributed by atoms with Crippen LogP contribution in [0.1, 0.15) is 0 Å². The van der Waals surface area contributed by atoms with Gasteiger partial charge >= 0.3 is 70.2 Å². The fourth-order valence-corrected chi connectivity index (χ4v) is 0. The summed E-state index contributed by atoms with van der Waals surface area (Å²) in [5, 5.41) is 0. The van der Waals surface area contributed by atoms with Crippen molar-refractivity contribution in [2.24, 2.45) is 0 Å². The number of hydrogen-bond acceptors (Lipinski definition) is 0. The molecule has 0 aliphatic carbocycles. The normalized spacial score (nSPS) is 0. The van der Waals surface area contributed by atoms with Gasteiger partial charge in [0.25, 0.3) is 0 Å². The van der Waals surface area contributed by atoms with Gasteiger partial charge in [-0.3, -0.25) is 4.70 Å². The van der Waals surface area contributed by atoms with Gasteiger partial charge in [0.05, 0.1) is 0 Å². The minimum atomic E-state index is 0. The van der Waals surface area contributed by atoms with E-state index in [9.17, 15) is 0 Å². The van der Waals surface area contributed by atoms with E-state index in [1.165, 1.54) is 0 Å². The van der Waals surface area contributed by atoms with Crippen molar-refractivity contribution in [2.45, 2.75) is 0 Å². The molecule has 0 N–H and O–H groups in total. The van der Waals surface area contributed by atoms with Crippen LogP contribution in [0, 0.1) is 39.9 Å². The van der Waals surface area contributed by atoms with E-state index in [0.29, 0.717) is 0 Å². The Morgan fingerprint density at radius 2 is 1.00 bits per heavy atom. The average molecular weight is 225 g/mol. The molecule has 0 spiro atoms. The molecular weight excluding hydrogens is 222 g/mol. The Balaban J connectivity index is 0. The van der Waals surface area contributed by atoms with E-state index in [1.54, 1.807) is 0 Å². The van der Waals surface area contributed by atoms with Gasteiger partial charge < -0.3 is 0 Å². The molecule has 0 bridgehead atoms. The first-order chi connectivity index (χ1) is 0. The molecule has 0 saturated heterocycles. The third-order valence-electron chi connectivity index (χ3n) is 0. The number of hydrogen-bond donors (Lipinski definition) is 0. The molecule has 0 unspecified atom stereocenters. The number of halogens is 1. The predicted octanol–water partition coefficient (Wildman–Crippen LogP) is -1.14. The zero-order valence-corrected chi connectivity index (χ0v) is 3.03. The Hall–Kier alpha value is 3.49. The molecule has 0 amide bonds. The van der Waals surface area contributed by atoms with Crippen molar-refractivity contribution in [3.05, 3.63) is 0 Å². The molecule has 0 fully saturated rings. The summed E-state index contributed by atoms with van der Waals surface area (Å²) in [6.07, 6.45) is 0. The fourth-order valence-electron chi connectivity index (χ4n) is 0. The molecule has 4 heavy (non-hydrogen) atoms. The zero-order chi connectivity index (χ0) is 0. The van der Waals surface area contributed by atoms with E-state index in [-0.39, 0.29) is 115 Å². The fraction of sp³-hybridized carbons (Fsp3) is 0. The molecule has 0 saturated carbocycles. The molecule has 0 nitrogen and oxygen atoms in total. The summed E-state index contributed by atoms with van der Waals surface area (Å²) in [5.74, 6) is 0. The molecule has 0 aliphatic rings. The summed E-state index contributed by atoms with van der Waals surface area (Å²) in [7, 11) is 0. The Bertz CT molecular complexity index is 8.00. The van der Waals surface area contributed by atoms with Crippen molar-refractivity contribution >= 4 is 70.2 Å². The summed E-state index contributed by atoms with van der Waals surface area (Å²) in [6, 6.07) is 0. The molecule has 0 atom stereocenters. The van der Waals surface area contributed by atoms with E-state index in [1.807, 2.05) is 0 Å². The second-order valence-corrected chi connectivity index (χ2v) is 0. The van der Waals surface area contributed by atoms with Crippen molar-refractivity contribution in [1.29, 1.82) is 0 Å². The van der Waals surface area contributed by atoms with Gasteiger partial charge in [0.2, 0.25) is 0 Å². The van der Waals surface area contributed by atoms with E-state index in [2.05, 4.69) is 0 Å². The predicted molar refractivity (Wildman–Crippen MR) is 16.8 cm³/mol. The van der Waals surface area contributed by atoms with Crippen LogP contribution in [-0.2, 0) is 0 Å². The average Bonchev–Trinajstić information content (AvgIpc) is 0. The molecule has 0 aromatic rings. The van der Waals surface area contributed by atoms with Gasteiger partial charge in [-0.25, -0.2) is 0 Å². The van der Waals surface area contributed by atoms with E-state index < -0.39 is 0 Å². The minimum absolute atomic E-state index is 0. The number of rotatable bonds is 0. The van der Waals surface area contributed by atoms with Gasteiger partial charge in [0, 0.05) is 39.9 Å². The molecule has 20 valence electrons. The summed E-state index contributed by atoms with van der Waals surface area (Å²) in [5.41, 5.74) is 0. The van der Waals surface area contributed by atoms with E-state index >= 15 is 0 Å². The van der Waals surface area contributed by atoms with Crippen LogP contribution < -0.4 is 0 Å². The molecule has 0 rings (SSSR count). The Labute approximate surface area is 112 Å². The summed E-state index contributed by atoms with van der Waals surface area (Å²) < 4.78 is 0. The van der Waals surface area contributed by atoms with Crippen molar-refractivity contribution in [3.63, 3.8) is 0 Å². The zero-order valence-electron chi connectivity index (χ0n) is 0.762. The first-order valence-corrected chi connectivity index (χ1v) is 0. The third kappa shape index (κ3) is 9.09. The van der Waals surface area contributed by atoms with Crippen molar-refractivity contribution in [3.8, 4) is 0 Å². The van der Waals surface area contributed by atoms with Gasteiger partial charge in [0.1, 0.15) is 0 Å². The van der Waals surface area contributed by atoms with Crippen LogP contribution in [-0.4, -0.2) is 70.2 Å². The van der Waals surface area contributed by atoms with Crippen molar-refractivity contribution < 1.29 is 44.6 Å². The van der Waals surface area contributed by atoms with Crippen LogP contribution in [0.25, 0.3) is 0 Å². The molecule has 0 aromatic carbocycles. The first-order valence-electron chi connectivity index (χ1n) is 0. The van der Waals surface area contributed by atoms with Crippen molar-refractivity contribution in [2.75, 3.05) is 0 Å². The maximum atomic E-state index is 0. The van der Waals surface area contributed by atoms with E-state index in [0.717, 1.165) is 0 Å². The van der Waals surface area contributed by atoms with E-state index in [4.69, 9.17) is 0 Å². The first kappa shape index (κ1) is 25.9. The molecule has 0 aromatic heterocycles. The van der Waals surface area contributed by atoms with Crippen LogP contribution in [0.2, 0.25) is 0 Å². The Morgan fingerprint density at radius 1 is 1.00 bits per heavy atom. The van der Waals surface area contributed by atoms with Gasteiger partial charge in [-0.05, 0) is 0 Å².